The summed E-state index contributed by atoms with van der Waals surface area (Å²) in [6, 6.07) is 7.57. The van der Waals surface area contributed by atoms with E-state index >= 15 is 0 Å². The largest absolute Gasteiger partial charge is 0.396 e. The minimum absolute atomic E-state index is 0.0718. The molecular formula is C12H18N2O2. The van der Waals surface area contributed by atoms with Gasteiger partial charge in [-0.25, -0.2) is 0 Å². The van der Waals surface area contributed by atoms with E-state index in [9.17, 15) is 4.79 Å². The molecule has 1 rings (SSSR count). The summed E-state index contributed by atoms with van der Waals surface area (Å²) in [5.41, 5.74) is 1.77. The van der Waals surface area contributed by atoms with Crippen molar-refractivity contribution in [1.82, 2.24) is 0 Å². The third-order valence-electron chi connectivity index (χ3n) is 2.10. The van der Waals surface area contributed by atoms with Crippen molar-refractivity contribution in [3.63, 3.8) is 0 Å². The lowest BCUT2D eigenvalue weighted by Gasteiger charge is -2.08. The zero-order chi connectivity index (χ0) is 11.8. The Bertz CT molecular complexity index is 340. The molecule has 0 saturated carbocycles. The Balaban J connectivity index is 2.44. The lowest BCUT2D eigenvalue weighted by Crippen LogP contribution is -2.07. The van der Waals surface area contributed by atoms with Crippen LogP contribution in [0, 0.1) is 0 Å². The highest BCUT2D eigenvalue weighted by Gasteiger charge is 1.97. The highest BCUT2D eigenvalue weighted by molar-refractivity contribution is 5.89. The number of unbranched alkanes of at least 4 members (excludes halogenated alkanes) is 1. The van der Waals surface area contributed by atoms with Crippen molar-refractivity contribution in [2.45, 2.75) is 19.8 Å². The van der Waals surface area contributed by atoms with Gasteiger partial charge in [0.15, 0.2) is 0 Å². The van der Waals surface area contributed by atoms with Gasteiger partial charge >= 0.3 is 0 Å². The van der Waals surface area contributed by atoms with E-state index in [4.69, 9.17) is 5.11 Å². The monoisotopic (exact) mass is 222 g/mol. The average molecular weight is 222 g/mol. The van der Waals surface area contributed by atoms with E-state index in [2.05, 4.69) is 10.6 Å². The van der Waals surface area contributed by atoms with Crippen LogP contribution in [0.1, 0.15) is 19.8 Å². The summed E-state index contributed by atoms with van der Waals surface area (Å²) < 4.78 is 0. The van der Waals surface area contributed by atoms with Gasteiger partial charge in [0.1, 0.15) is 0 Å². The van der Waals surface area contributed by atoms with Crippen LogP contribution < -0.4 is 10.6 Å². The minimum atomic E-state index is -0.0718. The third kappa shape index (κ3) is 4.79. The Morgan fingerprint density at radius 2 is 2.06 bits per heavy atom. The molecule has 0 aliphatic carbocycles. The number of carbonyl (C=O) groups is 1. The standard InChI is InChI=1S/C12H18N2O2/c1-10(16)14-12-6-4-5-11(9-12)13-7-2-3-8-15/h4-6,9,13,15H,2-3,7-8H2,1H3,(H,14,16). The normalized spacial score (nSPS) is 9.88. The first-order chi connectivity index (χ1) is 7.72. The average Bonchev–Trinajstić information content (AvgIpc) is 2.24. The van der Waals surface area contributed by atoms with Crippen molar-refractivity contribution in [2.75, 3.05) is 23.8 Å². The van der Waals surface area contributed by atoms with Crippen LogP contribution in [-0.4, -0.2) is 24.2 Å². The van der Waals surface area contributed by atoms with Gasteiger partial charge in [-0.2, -0.15) is 0 Å². The summed E-state index contributed by atoms with van der Waals surface area (Å²) in [5.74, 6) is -0.0718. The van der Waals surface area contributed by atoms with E-state index in [1.165, 1.54) is 6.92 Å². The molecule has 1 amide bonds. The lowest BCUT2D eigenvalue weighted by atomic mass is 10.2. The Morgan fingerprint density at radius 3 is 2.75 bits per heavy atom. The van der Waals surface area contributed by atoms with Crippen LogP contribution in [0.15, 0.2) is 24.3 Å². The maximum Gasteiger partial charge on any atom is 0.221 e. The molecule has 0 heterocycles. The van der Waals surface area contributed by atoms with Gasteiger partial charge < -0.3 is 15.7 Å². The van der Waals surface area contributed by atoms with Gasteiger partial charge in [-0.05, 0) is 31.0 Å². The molecule has 1 aromatic carbocycles. The summed E-state index contributed by atoms with van der Waals surface area (Å²) in [5, 5.41) is 14.6. The Kier molecular flexibility index (Phi) is 5.36. The second kappa shape index (κ2) is 6.85. The fourth-order valence-corrected chi connectivity index (χ4v) is 1.38. The van der Waals surface area contributed by atoms with Gasteiger partial charge in [-0.15, -0.1) is 0 Å². The van der Waals surface area contributed by atoms with E-state index in [0.717, 1.165) is 30.8 Å². The molecule has 3 N–H and O–H groups in total. The quantitative estimate of drug-likeness (QED) is 0.643. The first-order valence-electron chi connectivity index (χ1n) is 5.45. The van der Waals surface area contributed by atoms with Gasteiger partial charge in [0, 0.05) is 31.5 Å². The van der Waals surface area contributed by atoms with Crippen LogP contribution in [0.2, 0.25) is 0 Å². The first kappa shape index (κ1) is 12.5. The molecule has 0 aliphatic heterocycles. The molecule has 4 heteroatoms. The molecule has 0 aliphatic rings. The van der Waals surface area contributed by atoms with E-state index in [1.807, 2.05) is 24.3 Å². The molecule has 1 aromatic rings. The summed E-state index contributed by atoms with van der Waals surface area (Å²) in [4.78, 5) is 10.9. The molecule has 4 nitrogen and oxygen atoms in total. The minimum Gasteiger partial charge on any atom is -0.396 e. The number of rotatable bonds is 6. The maximum absolute atomic E-state index is 10.9. The number of hydrogen-bond donors (Lipinski definition) is 3. The summed E-state index contributed by atoms with van der Waals surface area (Å²) in [6.45, 7) is 2.54. The first-order valence-corrected chi connectivity index (χ1v) is 5.45. The molecule has 0 bridgehead atoms. The molecule has 16 heavy (non-hydrogen) atoms. The van der Waals surface area contributed by atoms with Crippen LogP contribution in [0.4, 0.5) is 11.4 Å². The van der Waals surface area contributed by atoms with Crippen molar-refractivity contribution < 1.29 is 9.90 Å². The topological polar surface area (TPSA) is 61.4 Å². The number of aliphatic hydroxyl groups excluding tert-OH is 1. The summed E-state index contributed by atoms with van der Waals surface area (Å²) in [6.07, 6.45) is 1.74. The van der Waals surface area contributed by atoms with Crippen molar-refractivity contribution in [3.8, 4) is 0 Å². The Hall–Kier alpha value is -1.55. The number of hydrogen-bond acceptors (Lipinski definition) is 3. The molecule has 0 aromatic heterocycles. The number of benzene rings is 1. The second-order valence-electron chi connectivity index (χ2n) is 3.62. The van der Waals surface area contributed by atoms with Crippen LogP contribution in [0.3, 0.4) is 0 Å². The predicted octanol–water partition coefficient (Wildman–Crippen LogP) is 1.83. The van der Waals surface area contributed by atoms with E-state index in [0.29, 0.717) is 0 Å². The fourth-order valence-electron chi connectivity index (χ4n) is 1.38. The van der Waals surface area contributed by atoms with E-state index in [1.54, 1.807) is 0 Å². The SMILES string of the molecule is CC(=O)Nc1cccc(NCCCCO)c1. The zero-order valence-electron chi connectivity index (χ0n) is 9.49. The van der Waals surface area contributed by atoms with Gasteiger partial charge in [0.2, 0.25) is 5.91 Å². The van der Waals surface area contributed by atoms with Gasteiger partial charge in [-0.1, -0.05) is 6.07 Å². The summed E-state index contributed by atoms with van der Waals surface area (Å²) >= 11 is 0. The molecule has 0 spiro atoms. The second-order valence-corrected chi connectivity index (χ2v) is 3.62. The number of anilines is 2. The Labute approximate surface area is 95.7 Å². The number of carbonyl (C=O) groups excluding carboxylic acids is 1. The zero-order valence-corrected chi connectivity index (χ0v) is 9.49. The van der Waals surface area contributed by atoms with Crippen molar-refractivity contribution in [3.05, 3.63) is 24.3 Å². The van der Waals surface area contributed by atoms with E-state index < -0.39 is 0 Å². The number of nitrogens with one attached hydrogen (secondary N) is 2. The van der Waals surface area contributed by atoms with E-state index in [-0.39, 0.29) is 12.5 Å². The third-order valence-corrected chi connectivity index (χ3v) is 2.10. The lowest BCUT2D eigenvalue weighted by molar-refractivity contribution is -0.114. The summed E-state index contributed by atoms with van der Waals surface area (Å²) in [7, 11) is 0. The molecule has 0 fully saturated rings. The van der Waals surface area contributed by atoms with Crippen LogP contribution in [-0.2, 0) is 4.79 Å². The highest BCUT2D eigenvalue weighted by Crippen LogP contribution is 2.14. The van der Waals surface area contributed by atoms with Gasteiger partial charge in [0.25, 0.3) is 0 Å². The van der Waals surface area contributed by atoms with Crippen LogP contribution in [0.5, 0.6) is 0 Å². The highest BCUT2D eigenvalue weighted by atomic mass is 16.2. The molecule has 88 valence electrons. The maximum atomic E-state index is 10.9. The molecule has 0 atom stereocenters. The molecule has 0 saturated heterocycles. The predicted molar refractivity (Wildman–Crippen MR) is 65.6 cm³/mol. The fraction of sp³-hybridized carbons (Fsp3) is 0.417. The van der Waals surface area contributed by atoms with Gasteiger partial charge in [0.05, 0.1) is 0 Å². The number of amides is 1. The van der Waals surface area contributed by atoms with Crippen molar-refractivity contribution in [1.29, 1.82) is 0 Å². The number of aliphatic hydroxyl groups is 1. The van der Waals surface area contributed by atoms with Crippen molar-refractivity contribution >= 4 is 17.3 Å². The van der Waals surface area contributed by atoms with Gasteiger partial charge in [-0.3, -0.25) is 4.79 Å². The smallest absolute Gasteiger partial charge is 0.221 e. The van der Waals surface area contributed by atoms with Crippen molar-refractivity contribution in [2.24, 2.45) is 0 Å². The Morgan fingerprint density at radius 1 is 1.31 bits per heavy atom. The van der Waals surface area contributed by atoms with Crippen LogP contribution in [0.25, 0.3) is 0 Å². The van der Waals surface area contributed by atoms with Crippen LogP contribution >= 0.6 is 0 Å². The molecule has 0 unspecified atom stereocenters. The molecular weight excluding hydrogens is 204 g/mol. The molecule has 0 radical (unpaired) electrons.